The lowest BCUT2D eigenvalue weighted by Gasteiger charge is -2.06. The molecule has 2 aromatic carbocycles. The summed E-state index contributed by atoms with van der Waals surface area (Å²) in [6, 6.07) is 17.4. The smallest absolute Gasteiger partial charge is 0.220 e. The Kier molecular flexibility index (Phi) is 5.82. The van der Waals surface area contributed by atoms with Gasteiger partial charge in [-0.1, -0.05) is 12.1 Å². The molecule has 0 atom stereocenters. The number of methoxy groups -OCH3 is 2. The molecule has 1 amide bonds. The van der Waals surface area contributed by atoms with E-state index in [9.17, 15) is 4.79 Å². The summed E-state index contributed by atoms with van der Waals surface area (Å²) in [5, 5.41) is 16.3. The molecule has 0 aliphatic rings. The van der Waals surface area contributed by atoms with E-state index in [4.69, 9.17) is 9.47 Å². The topological polar surface area (TPSA) is 95.0 Å². The van der Waals surface area contributed by atoms with Crippen LogP contribution in [0.25, 0.3) is 22.4 Å². The van der Waals surface area contributed by atoms with Gasteiger partial charge in [0.2, 0.25) is 5.91 Å². The molecule has 9 heteroatoms. The SMILES string of the molecule is COc1ccc(CNC(=O)CCc2nnc3c4cc(-c5ccc(OC)cc5)nn4ccn23)cc1. The average Bonchev–Trinajstić information content (AvgIpc) is 3.50. The van der Waals surface area contributed by atoms with Crippen molar-refractivity contribution in [3.05, 3.63) is 78.4 Å². The fourth-order valence-corrected chi connectivity index (χ4v) is 3.79. The first kappa shape index (κ1) is 21.4. The minimum Gasteiger partial charge on any atom is -0.497 e. The minimum absolute atomic E-state index is 0.0419. The maximum Gasteiger partial charge on any atom is 0.220 e. The highest BCUT2D eigenvalue weighted by Crippen LogP contribution is 2.24. The van der Waals surface area contributed by atoms with Crippen molar-refractivity contribution in [1.29, 1.82) is 0 Å². The molecule has 3 heterocycles. The number of hydrogen-bond acceptors (Lipinski definition) is 6. The number of ether oxygens (including phenoxy) is 2. The van der Waals surface area contributed by atoms with E-state index in [0.29, 0.717) is 25.0 Å². The number of rotatable bonds is 8. The number of nitrogens with zero attached hydrogens (tertiary/aromatic N) is 5. The molecule has 5 aromatic rings. The Morgan fingerprint density at radius 3 is 2.35 bits per heavy atom. The van der Waals surface area contributed by atoms with Crippen LogP contribution in [-0.2, 0) is 17.8 Å². The van der Waals surface area contributed by atoms with Gasteiger partial charge in [-0.2, -0.15) is 5.10 Å². The van der Waals surface area contributed by atoms with E-state index >= 15 is 0 Å². The Hall–Kier alpha value is -4.40. The van der Waals surface area contributed by atoms with Crippen molar-refractivity contribution < 1.29 is 14.3 Å². The van der Waals surface area contributed by atoms with Gasteiger partial charge in [0.25, 0.3) is 0 Å². The number of nitrogens with one attached hydrogen (secondary N) is 1. The molecule has 0 bridgehead atoms. The Morgan fingerprint density at radius 1 is 0.941 bits per heavy atom. The molecule has 172 valence electrons. The molecular weight excluding hydrogens is 432 g/mol. The maximum absolute atomic E-state index is 12.4. The summed E-state index contributed by atoms with van der Waals surface area (Å²) in [5.74, 6) is 2.27. The van der Waals surface area contributed by atoms with Gasteiger partial charge in [0.15, 0.2) is 5.65 Å². The van der Waals surface area contributed by atoms with E-state index in [1.54, 1.807) is 18.7 Å². The first-order valence-electron chi connectivity index (χ1n) is 10.9. The van der Waals surface area contributed by atoms with Gasteiger partial charge < -0.3 is 14.8 Å². The molecule has 9 nitrogen and oxygen atoms in total. The van der Waals surface area contributed by atoms with Crippen molar-refractivity contribution in [2.45, 2.75) is 19.4 Å². The Morgan fingerprint density at radius 2 is 1.65 bits per heavy atom. The van der Waals surface area contributed by atoms with Crippen LogP contribution >= 0.6 is 0 Å². The molecule has 3 aromatic heterocycles. The molecule has 0 unspecified atom stereocenters. The second-order valence-electron chi connectivity index (χ2n) is 7.82. The summed E-state index contributed by atoms with van der Waals surface area (Å²) >= 11 is 0. The van der Waals surface area contributed by atoms with Crippen LogP contribution in [0.1, 0.15) is 17.8 Å². The molecule has 0 spiro atoms. The number of hydrogen-bond donors (Lipinski definition) is 1. The fraction of sp³-hybridized carbons (Fsp3) is 0.200. The fourth-order valence-electron chi connectivity index (χ4n) is 3.79. The summed E-state index contributed by atoms with van der Waals surface area (Å²) in [5.41, 5.74) is 4.37. The summed E-state index contributed by atoms with van der Waals surface area (Å²) in [6.07, 6.45) is 4.54. The number of carbonyl (C=O) groups excluding carboxylic acids is 1. The lowest BCUT2D eigenvalue weighted by Crippen LogP contribution is -2.23. The van der Waals surface area contributed by atoms with E-state index in [0.717, 1.165) is 39.7 Å². The lowest BCUT2D eigenvalue weighted by atomic mass is 10.1. The standard InChI is InChI=1S/C25H24N6O3/c1-33-19-7-3-17(4-8-19)16-26-24(32)12-11-23-27-28-25-22-15-21(29-31(22)14-13-30(23)25)18-5-9-20(34-2)10-6-18/h3-10,13-15H,11-12,16H2,1-2H3,(H,26,32). The van der Waals surface area contributed by atoms with E-state index < -0.39 is 0 Å². The first-order valence-corrected chi connectivity index (χ1v) is 10.9. The summed E-state index contributed by atoms with van der Waals surface area (Å²) in [4.78, 5) is 12.4. The monoisotopic (exact) mass is 456 g/mol. The molecular formula is C25H24N6O3. The first-order chi connectivity index (χ1) is 16.6. The predicted octanol–water partition coefficient (Wildman–Crippen LogP) is 3.31. The van der Waals surface area contributed by atoms with Gasteiger partial charge >= 0.3 is 0 Å². The van der Waals surface area contributed by atoms with E-state index in [1.807, 2.05) is 71.4 Å². The van der Waals surface area contributed by atoms with Crippen molar-refractivity contribution in [1.82, 2.24) is 29.5 Å². The second-order valence-corrected chi connectivity index (χ2v) is 7.82. The van der Waals surface area contributed by atoms with Gasteiger partial charge in [0, 0.05) is 37.3 Å². The van der Waals surface area contributed by atoms with Gasteiger partial charge in [-0.3, -0.25) is 9.20 Å². The molecule has 0 saturated carbocycles. The van der Waals surface area contributed by atoms with Crippen LogP contribution < -0.4 is 14.8 Å². The molecule has 0 radical (unpaired) electrons. The molecule has 0 aliphatic carbocycles. The van der Waals surface area contributed by atoms with Crippen molar-refractivity contribution in [3.8, 4) is 22.8 Å². The summed E-state index contributed by atoms with van der Waals surface area (Å²) in [7, 11) is 3.27. The van der Waals surface area contributed by atoms with Crippen LogP contribution in [0.2, 0.25) is 0 Å². The molecule has 1 N–H and O–H groups in total. The number of fused-ring (bicyclic) bond motifs is 3. The Bertz CT molecular complexity index is 1440. The number of aromatic nitrogens is 5. The normalized spacial score (nSPS) is 11.1. The summed E-state index contributed by atoms with van der Waals surface area (Å²) in [6.45, 7) is 0.466. The van der Waals surface area contributed by atoms with Gasteiger partial charge in [-0.05, 0) is 48.0 Å². The third-order valence-corrected chi connectivity index (χ3v) is 5.70. The van der Waals surface area contributed by atoms with Crippen LogP contribution in [-0.4, -0.2) is 44.3 Å². The molecule has 5 rings (SSSR count). The van der Waals surface area contributed by atoms with Gasteiger partial charge in [0.1, 0.15) is 22.8 Å². The third-order valence-electron chi connectivity index (χ3n) is 5.70. The Balaban J connectivity index is 1.27. The zero-order chi connectivity index (χ0) is 23.5. The molecule has 0 aliphatic heterocycles. The average molecular weight is 457 g/mol. The highest BCUT2D eigenvalue weighted by atomic mass is 16.5. The number of benzene rings is 2. The quantitative estimate of drug-likeness (QED) is 0.385. The largest absolute Gasteiger partial charge is 0.497 e. The van der Waals surface area contributed by atoms with Crippen molar-refractivity contribution in [2.75, 3.05) is 14.2 Å². The number of amides is 1. The van der Waals surface area contributed by atoms with Gasteiger partial charge in [0.05, 0.1) is 19.9 Å². The van der Waals surface area contributed by atoms with Crippen molar-refractivity contribution in [2.24, 2.45) is 0 Å². The molecule has 34 heavy (non-hydrogen) atoms. The van der Waals surface area contributed by atoms with Crippen molar-refractivity contribution in [3.63, 3.8) is 0 Å². The van der Waals surface area contributed by atoms with E-state index in [1.165, 1.54) is 0 Å². The van der Waals surface area contributed by atoms with E-state index in [2.05, 4.69) is 20.6 Å². The van der Waals surface area contributed by atoms with Gasteiger partial charge in [-0.15, -0.1) is 10.2 Å². The molecule has 0 saturated heterocycles. The third kappa shape index (κ3) is 4.27. The van der Waals surface area contributed by atoms with Crippen LogP contribution in [0.3, 0.4) is 0 Å². The molecule has 0 fully saturated rings. The van der Waals surface area contributed by atoms with E-state index in [-0.39, 0.29) is 5.91 Å². The number of aryl methyl sites for hydroxylation is 1. The minimum atomic E-state index is -0.0419. The summed E-state index contributed by atoms with van der Waals surface area (Å²) < 4.78 is 14.1. The highest BCUT2D eigenvalue weighted by molar-refractivity contribution is 5.77. The second kappa shape index (κ2) is 9.22. The van der Waals surface area contributed by atoms with Crippen molar-refractivity contribution >= 4 is 17.1 Å². The van der Waals surface area contributed by atoms with Crippen LogP contribution in [0, 0.1) is 0 Å². The zero-order valence-electron chi connectivity index (χ0n) is 18.9. The lowest BCUT2D eigenvalue weighted by molar-refractivity contribution is -0.121. The number of carbonyl (C=O) groups is 1. The Labute approximate surface area is 196 Å². The predicted molar refractivity (Wildman–Crippen MR) is 127 cm³/mol. The highest BCUT2D eigenvalue weighted by Gasteiger charge is 2.14. The van der Waals surface area contributed by atoms with Crippen LogP contribution in [0.4, 0.5) is 0 Å². The maximum atomic E-state index is 12.4. The zero-order valence-corrected chi connectivity index (χ0v) is 18.9. The van der Waals surface area contributed by atoms with Crippen LogP contribution in [0.5, 0.6) is 11.5 Å². The van der Waals surface area contributed by atoms with Crippen LogP contribution in [0.15, 0.2) is 67.0 Å². The van der Waals surface area contributed by atoms with Gasteiger partial charge in [-0.25, -0.2) is 4.52 Å².